The molecule has 8 heteroatoms. The van der Waals surface area contributed by atoms with Crippen molar-refractivity contribution in [2.45, 2.75) is 20.1 Å². The molecule has 1 N–H and O–H groups in total. The van der Waals surface area contributed by atoms with Gasteiger partial charge in [-0.05, 0) is 91.9 Å². The van der Waals surface area contributed by atoms with Gasteiger partial charge in [0.1, 0.15) is 19.0 Å². The van der Waals surface area contributed by atoms with E-state index in [1.165, 1.54) is 0 Å². The third kappa shape index (κ3) is 7.46. The monoisotopic (exact) mass is 636 g/mol. The molecular formula is C30H26Br2N2O4. The molecule has 0 aliphatic heterocycles. The van der Waals surface area contributed by atoms with Crippen LogP contribution in [0.3, 0.4) is 0 Å². The number of hydrazone groups is 1. The van der Waals surface area contributed by atoms with E-state index in [0.717, 1.165) is 31.2 Å². The summed E-state index contributed by atoms with van der Waals surface area (Å²) in [5.74, 6) is 1.68. The first-order valence-electron chi connectivity index (χ1n) is 11.8. The Morgan fingerprint density at radius 2 is 1.53 bits per heavy atom. The van der Waals surface area contributed by atoms with Crippen molar-refractivity contribution in [1.29, 1.82) is 0 Å². The lowest BCUT2D eigenvalue weighted by atomic mass is 10.1. The van der Waals surface area contributed by atoms with E-state index in [-0.39, 0.29) is 5.91 Å². The van der Waals surface area contributed by atoms with Gasteiger partial charge in [-0.2, -0.15) is 5.10 Å². The molecule has 0 unspecified atom stereocenters. The topological polar surface area (TPSA) is 69.2 Å². The molecule has 0 atom stereocenters. The number of carbonyl (C=O) groups excluding carboxylic acids is 1. The summed E-state index contributed by atoms with van der Waals surface area (Å²) >= 11 is 7.14. The second-order valence-corrected chi connectivity index (χ2v) is 10.1. The zero-order chi connectivity index (χ0) is 26.9. The molecule has 194 valence electrons. The molecule has 4 aromatic carbocycles. The summed E-state index contributed by atoms with van der Waals surface area (Å²) in [5, 5.41) is 4.07. The fourth-order valence-electron chi connectivity index (χ4n) is 3.54. The van der Waals surface area contributed by atoms with Crippen LogP contribution in [-0.4, -0.2) is 19.2 Å². The Hall–Kier alpha value is -3.62. The summed E-state index contributed by atoms with van der Waals surface area (Å²) in [5.41, 5.74) is 6.97. The molecule has 0 radical (unpaired) electrons. The standard InChI is InChI=1S/C30H26Br2N2O4/c1-20-8-11-24(12-9-20)30(35)34-33-17-23-14-25(31)29(26(32)15-23)38-19-22-10-13-27(28(16-22)36-2)37-18-21-6-4-3-5-7-21/h3-17H,18-19H2,1-2H3,(H,34,35)/b33-17+. The van der Waals surface area contributed by atoms with Crippen LogP contribution >= 0.6 is 31.9 Å². The fraction of sp³-hybridized carbons (Fsp3) is 0.133. The van der Waals surface area contributed by atoms with Crippen LogP contribution in [0.5, 0.6) is 17.2 Å². The van der Waals surface area contributed by atoms with Crippen molar-refractivity contribution >= 4 is 44.0 Å². The lowest BCUT2D eigenvalue weighted by Gasteiger charge is -2.14. The lowest BCUT2D eigenvalue weighted by molar-refractivity contribution is 0.0955. The maximum atomic E-state index is 12.2. The molecular weight excluding hydrogens is 612 g/mol. The number of nitrogens with one attached hydrogen (secondary N) is 1. The van der Waals surface area contributed by atoms with E-state index in [2.05, 4.69) is 42.4 Å². The number of rotatable bonds is 10. The van der Waals surface area contributed by atoms with Crippen LogP contribution in [0.4, 0.5) is 0 Å². The van der Waals surface area contributed by atoms with Crippen LogP contribution in [-0.2, 0) is 13.2 Å². The highest BCUT2D eigenvalue weighted by atomic mass is 79.9. The highest BCUT2D eigenvalue weighted by Crippen LogP contribution is 2.36. The van der Waals surface area contributed by atoms with Gasteiger partial charge >= 0.3 is 0 Å². The second kappa shape index (κ2) is 13.3. The van der Waals surface area contributed by atoms with Gasteiger partial charge in [0.05, 0.1) is 22.3 Å². The van der Waals surface area contributed by atoms with Crippen molar-refractivity contribution in [3.05, 3.63) is 122 Å². The molecule has 0 heterocycles. The number of ether oxygens (including phenoxy) is 3. The predicted octanol–water partition coefficient (Wildman–Crippen LogP) is 7.45. The van der Waals surface area contributed by atoms with Crippen LogP contribution in [0.1, 0.15) is 32.6 Å². The summed E-state index contributed by atoms with van der Waals surface area (Å²) in [6.45, 7) is 2.75. The van der Waals surface area contributed by atoms with E-state index in [9.17, 15) is 4.79 Å². The zero-order valence-electron chi connectivity index (χ0n) is 20.9. The molecule has 0 spiro atoms. The van der Waals surface area contributed by atoms with E-state index in [4.69, 9.17) is 14.2 Å². The Bertz CT molecular complexity index is 1400. The number of halogens is 2. The Morgan fingerprint density at radius 3 is 2.21 bits per heavy atom. The summed E-state index contributed by atoms with van der Waals surface area (Å²) in [7, 11) is 1.62. The van der Waals surface area contributed by atoms with Gasteiger partial charge in [0.2, 0.25) is 0 Å². The average molecular weight is 638 g/mol. The molecule has 38 heavy (non-hydrogen) atoms. The Labute approximate surface area is 238 Å². The minimum atomic E-state index is -0.272. The van der Waals surface area contributed by atoms with Crippen LogP contribution < -0.4 is 19.6 Å². The van der Waals surface area contributed by atoms with Crippen molar-refractivity contribution < 1.29 is 19.0 Å². The quantitative estimate of drug-likeness (QED) is 0.145. The van der Waals surface area contributed by atoms with Gasteiger partial charge in [-0.1, -0.05) is 54.1 Å². The van der Waals surface area contributed by atoms with E-state index in [1.54, 1.807) is 25.5 Å². The van der Waals surface area contributed by atoms with E-state index >= 15 is 0 Å². The molecule has 1 amide bonds. The predicted molar refractivity (Wildman–Crippen MR) is 156 cm³/mol. The van der Waals surface area contributed by atoms with Crippen molar-refractivity contribution in [1.82, 2.24) is 5.43 Å². The normalized spacial score (nSPS) is 10.8. The largest absolute Gasteiger partial charge is 0.493 e. The smallest absolute Gasteiger partial charge is 0.271 e. The van der Waals surface area contributed by atoms with E-state index in [0.29, 0.717) is 36.0 Å². The van der Waals surface area contributed by atoms with E-state index < -0.39 is 0 Å². The molecule has 4 rings (SSSR count). The van der Waals surface area contributed by atoms with Crippen LogP contribution in [0, 0.1) is 6.92 Å². The third-order valence-electron chi connectivity index (χ3n) is 5.56. The van der Waals surface area contributed by atoms with Crippen molar-refractivity contribution in [3.8, 4) is 17.2 Å². The maximum Gasteiger partial charge on any atom is 0.271 e. The van der Waals surface area contributed by atoms with Crippen LogP contribution in [0.2, 0.25) is 0 Å². The molecule has 0 bridgehead atoms. The molecule has 0 saturated heterocycles. The Morgan fingerprint density at radius 1 is 0.842 bits per heavy atom. The van der Waals surface area contributed by atoms with Crippen molar-refractivity contribution in [2.75, 3.05) is 7.11 Å². The Kier molecular flexibility index (Phi) is 9.56. The number of amides is 1. The number of hydrogen-bond acceptors (Lipinski definition) is 5. The number of hydrogen-bond donors (Lipinski definition) is 1. The lowest BCUT2D eigenvalue weighted by Crippen LogP contribution is -2.17. The number of carbonyl (C=O) groups is 1. The molecule has 0 saturated carbocycles. The van der Waals surface area contributed by atoms with Crippen LogP contribution in [0.25, 0.3) is 0 Å². The summed E-state index contributed by atoms with van der Waals surface area (Å²) in [6, 6.07) is 26.7. The second-order valence-electron chi connectivity index (χ2n) is 8.43. The van der Waals surface area contributed by atoms with Gasteiger partial charge in [-0.3, -0.25) is 4.79 Å². The minimum Gasteiger partial charge on any atom is -0.493 e. The van der Waals surface area contributed by atoms with Gasteiger partial charge in [-0.25, -0.2) is 5.43 Å². The zero-order valence-corrected chi connectivity index (χ0v) is 24.1. The average Bonchev–Trinajstić information content (AvgIpc) is 2.92. The summed E-state index contributed by atoms with van der Waals surface area (Å²) < 4.78 is 19.0. The first kappa shape index (κ1) is 27.4. The molecule has 0 fully saturated rings. The number of benzene rings is 4. The van der Waals surface area contributed by atoms with Gasteiger partial charge in [0, 0.05) is 5.56 Å². The fourth-order valence-corrected chi connectivity index (χ4v) is 4.99. The SMILES string of the molecule is COc1cc(COc2c(Br)cc(/C=N/NC(=O)c3ccc(C)cc3)cc2Br)ccc1OCc1ccccc1. The van der Waals surface area contributed by atoms with Crippen LogP contribution in [0.15, 0.2) is 99.0 Å². The Balaban J connectivity index is 1.36. The van der Waals surface area contributed by atoms with Gasteiger partial charge < -0.3 is 14.2 Å². The molecule has 0 aliphatic carbocycles. The van der Waals surface area contributed by atoms with Gasteiger partial charge in [0.15, 0.2) is 11.5 Å². The highest BCUT2D eigenvalue weighted by molar-refractivity contribution is 9.11. The highest BCUT2D eigenvalue weighted by Gasteiger charge is 2.11. The molecule has 0 aromatic heterocycles. The first-order chi connectivity index (χ1) is 18.4. The number of methoxy groups -OCH3 is 1. The maximum absolute atomic E-state index is 12.2. The minimum absolute atomic E-state index is 0.272. The summed E-state index contributed by atoms with van der Waals surface area (Å²) in [6.07, 6.45) is 1.57. The first-order valence-corrected chi connectivity index (χ1v) is 13.4. The van der Waals surface area contributed by atoms with Crippen molar-refractivity contribution in [3.63, 3.8) is 0 Å². The molecule has 0 aliphatic rings. The molecule has 4 aromatic rings. The van der Waals surface area contributed by atoms with Crippen molar-refractivity contribution in [2.24, 2.45) is 5.10 Å². The number of nitrogens with zero attached hydrogens (tertiary/aromatic N) is 1. The van der Waals surface area contributed by atoms with E-state index in [1.807, 2.05) is 79.7 Å². The number of aryl methyl sites for hydroxylation is 1. The third-order valence-corrected chi connectivity index (χ3v) is 6.74. The van der Waals surface area contributed by atoms with Gasteiger partial charge in [0.25, 0.3) is 5.91 Å². The summed E-state index contributed by atoms with van der Waals surface area (Å²) in [4.78, 5) is 12.2. The van der Waals surface area contributed by atoms with Gasteiger partial charge in [-0.15, -0.1) is 0 Å². The molecule has 6 nitrogen and oxygen atoms in total.